The Hall–Kier alpha value is -1.43. The molecule has 4 rings (SSSR count). The number of rotatable bonds is 6. The fourth-order valence-electron chi connectivity index (χ4n) is 4.81. The van der Waals surface area contributed by atoms with Crippen LogP contribution in [0.1, 0.15) is 44.6 Å². The van der Waals surface area contributed by atoms with Crippen molar-refractivity contribution in [3.8, 4) is 0 Å². The molecule has 1 aliphatic carbocycles. The van der Waals surface area contributed by atoms with E-state index < -0.39 is 0 Å². The molecule has 0 radical (unpaired) electrons. The summed E-state index contributed by atoms with van der Waals surface area (Å²) in [6.45, 7) is 9.53. The molecule has 0 bridgehead atoms. The van der Waals surface area contributed by atoms with Gasteiger partial charge in [0.25, 0.3) is 0 Å². The van der Waals surface area contributed by atoms with Gasteiger partial charge in [-0.1, -0.05) is 36.8 Å². The van der Waals surface area contributed by atoms with Crippen LogP contribution < -0.4 is 5.32 Å². The minimum atomic E-state index is -0.00844. The van der Waals surface area contributed by atoms with Crippen LogP contribution in [-0.2, 0) is 11.3 Å². The van der Waals surface area contributed by atoms with Crippen LogP contribution in [0.4, 0.5) is 0 Å². The van der Waals surface area contributed by atoms with Crippen molar-refractivity contribution < 1.29 is 4.79 Å². The number of hydrogen-bond donors (Lipinski definition) is 1. The van der Waals surface area contributed by atoms with Crippen molar-refractivity contribution in [2.75, 3.05) is 39.3 Å². The van der Waals surface area contributed by atoms with Crippen molar-refractivity contribution in [3.05, 3.63) is 35.9 Å². The number of nitrogens with one attached hydrogen (secondary N) is 1. The van der Waals surface area contributed by atoms with E-state index in [1.165, 1.54) is 24.8 Å². The average molecular weight is 385 g/mol. The number of nitrogens with zero attached hydrogens (tertiary/aromatic N) is 3. The fraction of sp³-hybridized carbons (Fsp3) is 0.696. The summed E-state index contributed by atoms with van der Waals surface area (Å²) in [6, 6.07) is 11.8. The minimum absolute atomic E-state index is 0.00844. The summed E-state index contributed by atoms with van der Waals surface area (Å²) >= 11 is 0. The molecule has 1 saturated carbocycles. The first-order valence-electron chi connectivity index (χ1n) is 11.2. The van der Waals surface area contributed by atoms with Gasteiger partial charge in [0, 0.05) is 57.9 Å². The lowest BCUT2D eigenvalue weighted by Gasteiger charge is -2.44. The number of amides is 1. The summed E-state index contributed by atoms with van der Waals surface area (Å²) in [6.07, 6.45) is 6.26. The lowest BCUT2D eigenvalue weighted by atomic mass is 9.91. The Balaban J connectivity index is 1.17. The van der Waals surface area contributed by atoms with Gasteiger partial charge in [-0.05, 0) is 38.2 Å². The van der Waals surface area contributed by atoms with E-state index in [0.717, 1.165) is 64.7 Å². The maximum absolute atomic E-state index is 12.8. The molecule has 2 aliphatic heterocycles. The first kappa shape index (κ1) is 19.9. The molecule has 1 unspecified atom stereocenters. The maximum Gasteiger partial charge on any atom is 0.237 e. The molecule has 1 aromatic carbocycles. The normalized spacial score (nSPS) is 24.6. The zero-order chi connectivity index (χ0) is 19.3. The first-order valence-corrected chi connectivity index (χ1v) is 11.2. The standard InChI is InChI=1S/C23H36N4O/c1-19(26-14-16-27(17-15-26)22-8-5-9-22)23(28)24-21-10-12-25(13-11-21)18-20-6-3-2-4-7-20/h2-4,6-7,19,21-22H,5,8-18H2,1H3,(H,24,28). The first-order chi connectivity index (χ1) is 13.7. The molecule has 0 aromatic heterocycles. The smallest absolute Gasteiger partial charge is 0.237 e. The zero-order valence-corrected chi connectivity index (χ0v) is 17.4. The van der Waals surface area contributed by atoms with Crippen molar-refractivity contribution in [1.29, 1.82) is 0 Å². The summed E-state index contributed by atoms with van der Waals surface area (Å²) < 4.78 is 0. The van der Waals surface area contributed by atoms with Gasteiger partial charge in [0.2, 0.25) is 5.91 Å². The van der Waals surface area contributed by atoms with Crippen molar-refractivity contribution in [2.45, 2.75) is 63.7 Å². The van der Waals surface area contributed by atoms with Crippen molar-refractivity contribution >= 4 is 5.91 Å². The summed E-state index contributed by atoms with van der Waals surface area (Å²) in [5.74, 6) is 0.221. The molecule has 1 aromatic rings. The molecule has 0 spiro atoms. The number of piperazine rings is 1. The molecule has 5 nitrogen and oxygen atoms in total. The molecule has 2 saturated heterocycles. The van der Waals surface area contributed by atoms with Gasteiger partial charge < -0.3 is 5.32 Å². The van der Waals surface area contributed by atoms with E-state index in [4.69, 9.17) is 0 Å². The minimum Gasteiger partial charge on any atom is -0.352 e. The number of carbonyl (C=O) groups excluding carboxylic acids is 1. The van der Waals surface area contributed by atoms with Crippen LogP contribution in [0.15, 0.2) is 30.3 Å². The van der Waals surface area contributed by atoms with E-state index >= 15 is 0 Å². The Bertz CT molecular complexity index is 617. The topological polar surface area (TPSA) is 38.8 Å². The third-order valence-electron chi connectivity index (χ3n) is 7.05. The van der Waals surface area contributed by atoms with Crippen molar-refractivity contribution in [1.82, 2.24) is 20.0 Å². The molecule has 3 fully saturated rings. The molecule has 2 heterocycles. The van der Waals surface area contributed by atoms with Crippen LogP contribution in [0, 0.1) is 0 Å². The Kier molecular flexibility index (Phi) is 6.65. The van der Waals surface area contributed by atoms with E-state index in [0.29, 0.717) is 6.04 Å². The molecule has 1 amide bonds. The number of piperidine rings is 1. The molecular formula is C23H36N4O. The summed E-state index contributed by atoms with van der Waals surface area (Å²) in [7, 11) is 0. The Morgan fingerprint density at radius 1 is 1.00 bits per heavy atom. The van der Waals surface area contributed by atoms with Crippen LogP contribution in [0.5, 0.6) is 0 Å². The predicted octanol–water partition coefficient (Wildman–Crippen LogP) is 2.33. The Morgan fingerprint density at radius 3 is 2.29 bits per heavy atom. The van der Waals surface area contributed by atoms with Gasteiger partial charge in [0.05, 0.1) is 6.04 Å². The molecule has 28 heavy (non-hydrogen) atoms. The van der Waals surface area contributed by atoms with Gasteiger partial charge in [-0.3, -0.25) is 19.5 Å². The van der Waals surface area contributed by atoms with Gasteiger partial charge in [0.15, 0.2) is 0 Å². The van der Waals surface area contributed by atoms with E-state index in [-0.39, 0.29) is 11.9 Å². The van der Waals surface area contributed by atoms with Gasteiger partial charge in [-0.15, -0.1) is 0 Å². The fourth-order valence-corrected chi connectivity index (χ4v) is 4.81. The second-order valence-corrected chi connectivity index (χ2v) is 8.88. The van der Waals surface area contributed by atoms with Gasteiger partial charge in [-0.25, -0.2) is 0 Å². The highest BCUT2D eigenvalue weighted by Gasteiger charge is 2.31. The molecule has 1 N–H and O–H groups in total. The number of likely N-dealkylation sites (tertiary alicyclic amines) is 1. The highest BCUT2D eigenvalue weighted by Crippen LogP contribution is 2.25. The zero-order valence-electron chi connectivity index (χ0n) is 17.4. The highest BCUT2D eigenvalue weighted by atomic mass is 16.2. The monoisotopic (exact) mass is 384 g/mol. The molecular weight excluding hydrogens is 348 g/mol. The van der Waals surface area contributed by atoms with E-state index in [9.17, 15) is 4.79 Å². The molecule has 1 atom stereocenters. The number of benzene rings is 1. The van der Waals surface area contributed by atoms with Crippen molar-refractivity contribution in [3.63, 3.8) is 0 Å². The lowest BCUT2D eigenvalue weighted by Crippen LogP contribution is -2.57. The predicted molar refractivity (Wildman–Crippen MR) is 113 cm³/mol. The summed E-state index contributed by atoms with van der Waals surface area (Å²) in [5, 5.41) is 3.34. The second-order valence-electron chi connectivity index (χ2n) is 8.88. The molecule has 3 aliphatic rings. The highest BCUT2D eigenvalue weighted by molar-refractivity contribution is 5.81. The summed E-state index contributed by atoms with van der Waals surface area (Å²) in [5.41, 5.74) is 1.37. The molecule has 5 heteroatoms. The maximum atomic E-state index is 12.8. The third kappa shape index (κ3) is 4.94. The lowest BCUT2D eigenvalue weighted by molar-refractivity contribution is -0.127. The third-order valence-corrected chi connectivity index (χ3v) is 7.05. The van der Waals surface area contributed by atoms with E-state index in [1.807, 2.05) is 0 Å². The second kappa shape index (κ2) is 9.38. The van der Waals surface area contributed by atoms with Crippen LogP contribution in [-0.4, -0.2) is 78.0 Å². The quantitative estimate of drug-likeness (QED) is 0.817. The van der Waals surface area contributed by atoms with Crippen molar-refractivity contribution in [2.24, 2.45) is 0 Å². The summed E-state index contributed by atoms with van der Waals surface area (Å²) in [4.78, 5) is 20.3. The Labute approximate surface area is 170 Å². The Morgan fingerprint density at radius 2 is 1.68 bits per heavy atom. The van der Waals surface area contributed by atoms with E-state index in [2.05, 4.69) is 57.3 Å². The SMILES string of the molecule is CC(C(=O)NC1CCN(Cc2ccccc2)CC1)N1CCN(C2CCC2)CC1. The number of hydrogen-bond acceptors (Lipinski definition) is 4. The van der Waals surface area contributed by atoms with Gasteiger partial charge in [0.1, 0.15) is 0 Å². The van der Waals surface area contributed by atoms with E-state index in [1.54, 1.807) is 0 Å². The number of carbonyl (C=O) groups is 1. The van der Waals surface area contributed by atoms with Crippen LogP contribution in [0.25, 0.3) is 0 Å². The van der Waals surface area contributed by atoms with Gasteiger partial charge >= 0.3 is 0 Å². The largest absolute Gasteiger partial charge is 0.352 e. The van der Waals surface area contributed by atoms with Crippen LogP contribution in [0.3, 0.4) is 0 Å². The van der Waals surface area contributed by atoms with Crippen LogP contribution in [0.2, 0.25) is 0 Å². The van der Waals surface area contributed by atoms with Crippen LogP contribution >= 0.6 is 0 Å². The molecule has 154 valence electrons. The average Bonchev–Trinajstić information content (AvgIpc) is 2.69. The van der Waals surface area contributed by atoms with Gasteiger partial charge in [-0.2, -0.15) is 0 Å².